The maximum atomic E-state index is 16.2. The highest BCUT2D eigenvalue weighted by atomic mass is 19.3. The summed E-state index contributed by atoms with van der Waals surface area (Å²) in [5.41, 5.74) is 3.42. The van der Waals surface area contributed by atoms with E-state index in [4.69, 9.17) is 0 Å². The molecule has 4 saturated heterocycles. The summed E-state index contributed by atoms with van der Waals surface area (Å²) in [5.74, 6) is -4.20. The Labute approximate surface area is 335 Å². The number of hydrogen-bond acceptors (Lipinski definition) is 11. The minimum absolute atomic E-state index is 0.131. The summed E-state index contributed by atoms with van der Waals surface area (Å²) in [6, 6.07) is 10.3. The van der Waals surface area contributed by atoms with Gasteiger partial charge < -0.3 is 25.1 Å². The van der Waals surface area contributed by atoms with Crippen molar-refractivity contribution >= 4 is 34.9 Å². The molecule has 308 valence electrons. The molecule has 16 heteroatoms. The molecule has 1 unspecified atom stereocenters. The molecule has 0 saturated carbocycles. The fourth-order valence-corrected chi connectivity index (χ4v) is 10.5. The van der Waals surface area contributed by atoms with Crippen LogP contribution in [0.2, 0.25) is 0 Å². The number of hydrogen-bond donors (Lipinski definition) is 3. The number of rotatable bonds is 8. The second-order valence-corrected chi connectivity index (χ2v) is 17.1. The number of aromatic nitrogens is 2. The number of likely N-dealkylation sites (tertiary alicyclic amines) is 1. The molecule has 0 bridgehead atoms. The molecule has 2 aromatic carbocycles. The van der Waals surface area contributed by atoms with Crippen LogP contribution in [0.3, 0.4) is 0 Å². The van der Waals surface area contributed by atoms with Gasteiger partial charge >= 0.3 is 0 Å². The number of piperidine rings is 3. The van der Waals surface area contributed by atoms with E-state index in [1.807, 2.05) is 35.0 Å². The summed E-state index contributed by atoms with van der Waals surface area (Å²) < 4.78 is 46.7. The Kier molecular flexibility index (Phi) is 9.77. The number of nitrogens with zero attached hydrogens (tertiary/aromatic N) is 7. The van der Waals surface area contributed by atoms with Crippen molar-refractivity contribution in [3.63, 3.8) is 0 Å². The molecular formula is C42H50F3N9O4. The molecule has 0 spiro atoms. The average Bonchev–Trinajstić information content (AvgIpc) is 3.77. The van der Waals surface area contributed by atoms with Crippen LogP contribution in [0.25, 0.3) is 11.3 Å². The summed E-state index contributed by atoms with van der Waals surface area (Å²) in [4.78, 5) is 47.4. The number of benzene rings is 2. The molecule has 0 aliphatic carbocycles. The van der Waals surface area contributed by atoms with Gasteiger partial charge in [0.2, 0.25) is 11.8 Å². The number of para-hydroxylation sites is 1. The van der Waals surface area contributed by atoms with Crippen LogP contribution in [0.4, 0.5) is 30.4 Å². The predicted octanol–water partition coefficient (Wildman–Crippen LogP) is 4.46. The van der Waals surface area contributed by atoms with Crippen molar-refractivity contribution in [3.8, 4) is 17.0 Å². The van der Waals surface area contributed by atoms with Crippen molar-refractivity contribution in [2.45, 2.75) is 88.0 Å². The molecule has 1 aromatic heterocycles. The van der Waals surface area contributed by atoms with Crippen LogP contribution < -0.4 is 20.4 Å². The van der Waals surface area contributed by atoms with E-state index in [1.165, 1.54) is 12.1 Å². The van der Waals surface area contributed by atoms with Crippen molar-refractivity contribution < 1.29 is 32.7 Å². The third-order valence-electron chi connectivity index (χ3n) is 13.9. The lowest BCUT2D eigenvalue weighted by molar-refractivity contribution is -0.137. The van der Waals surface area contributed by atoms with Gasteiger partial charge in [-0.15, -0.1) is 10.2 Å². The van der Waals surface area contributed by atoms with Gasteiger partial charge in [-0.25, -0.2) is 13.2 Å². The van der Waals surface area contributed by atoms with E-state index in [0.29, 0.717) is 69.1 Å². The van der Waals surface area contributed by atoms with Gasteiger partial charge in [-0.05, 0) is 87.4 Å². The summed E-state index contributed by atoms with van der Waals surface area (Å²) in [6.45, 7) is 6.03. The summed E-state index contributed by atoms with van der Waals surface area (Å²) >= 11 is 0. The third-order valence-corrected chi connectivity index (χ3v) is 13.9. The van der Waals surface area contributed by atoms with Crippen LogP contribution in [-0.4, -0.2) is 130 Å². The lowest BCUT2D eigenvalue weighted by Crippen LogP contribution is -2.60. The first-order valence-corrected chi connectivity index (χ1v) is 20.6. The Morgan fingerprint density at radius 2 is 1.81 bits per heavy atom. The maximum Gasteiger partial charge on any atom is 0.275 e. The average molecular weight is 802 g/mol. The minimum Gasteiger partial charge on any atom is -0.504 e. The standard InChI is InChI=1S/C42H50F3N9O4/c1-3-41-19-28(22-54(41)34-18-32(48-49-38(34)46-23-41)29-5-4-6-31(43)37(29)56)50(2)35-13-14-51(24-42(35,44)45)20-25-11-15-52(16-12-25)27-8-7-26-21-53(40(58)30(26)17-27)33-9-10-36(55)47-39(33)57/h4-8,17-18,25,28,33,35,56H,3,9-16,19-24H2,1-2H3,(H,46,49)(H,47,55,57)/t28-,33+,35?,41-/m1/s1. The van der Waals surface area contributed by atoms with Crippen LogP contribution in [0.5, 0.6) is 5.75 Å². The molecule has 9 rings (SSSR count). The molecule has 7 heterocycles. The number of carbonyl (C=O) groups excluding carboxylic acids is 3. The Hall–Kier alpha value is -4.96. The number of amides is 3. The van der Waals surface area contributed by atoms with E-state index in [1.54, 1.807) is 17.0 Å². The van der Waals surface area contributed by atoms with Gasteiger partial charge in [-0.1, -0.05) is 19.1 Å². The van der Waals surface area contributed by atoms with E-state index in [2.05, 4.69) is 37.6 Å². The Balaban J connectivity index is 0.804. The third kappa shape index (κ3) is 6.71. The Morgan fingerprint density at radius 3 is 2.57 bits per heavy atom. The van der Waals surface area contributed by atoms with Crippen molar-refractivity contribution in [1.29, 1.82) is 0 Å². The first-order valence-electron chi connectivity index (χ1n) is 20.6. The van der Waals surface area contributed by atoms with Crippen LogP contribution in [0, 0.1) is 11.7 Å². The largest absolute Gasteiger partial charge is 0.504 e. The number of halogens is 3. The molecule has 3 amide bonds. The van der Waals surface area contributed by atoms with Crippen molar-refractivity contribution in [2.24, 2.45) is 5.92 Å². The Bertz CT molecular complexity index is 2130. The van der Waals surface area contributed by atoms with E-state index in [9.17, 15) is 23.9 Å². The molecule has 4 fully saturated rings. The minimum atomic E-state index is -2.90. The maximum absolute atomic E-state index is 16.2. The zero-order chi connectivity index (χ0) is 40.5. The number of likely N-dealkylation sites (N-methyl/N-ethyl adjacent to an activating group) is 1. The number of fused-ring (bicyclic) bond motifs is 4. The molecule has 3 aromatic rings. The van der Waals surface area contributed by atoms with Gasteiger partial charge in [0.1, 0.15) is 6.04 Å². The van der Waals surface area contributed by atoms with Gasteiger partial charge in [0.15, 0.2) is 17.4 Å². The van der Waals surface area contributed by atoms with Crippen molar-refractivity contribution in [3.05, 3.63) is 59.4 Å². The topological polar surface area (TPSA) is 137 Å². The Morgan fingerprint density at radius 1 is 1.00 bits per heavy atom. The number of phenols is 1. The smallest absolute Gasteiger partial charge is 0.275 e. The zero-order valence-electron chi connectivity index (χ0n) is 32.9. The molecule has 4 atom stereocenters. The van der Waals surface area contributed by atoms with Crippen LogP contribution in [-0.2, 0) is 16.1 Å². The second kappa shape index (κ2) is 14.7. The number of anilines is 3. The quantitative estimate of drug-likeness (QED) is 0.279. The molecule has 6 aliphatic rings. The number of imide groups is 1. The van der Waals surface area contributed by atoms with Gasteiger partial charge in [-0.2, -0.15) is 0 Å². The molecule has 6 aliphatic heterocycles. The van der Waals surface area contributed by atoms with E-state index < -0.39 is 35.5 Å². The van der Waals surface area contributed by atoms with Gasteiger partial charge in [-0.3, -0.25) is 29.5 Å². The monoisotopic (exact) mass is 801 g/mol. The first-order chi connectivity index (χ1) is 27.8. The molecule has 3 N–H and O–H groups in total. The van der Waals surface area contributed by atoms with Gasteiger partial charge in [0.05, 0.1) is 29.5 Å². The number of aromatic hydroxyl groups is 1. The fourth-order valence-electron chi connectivity index (χ4n) is 10.5. The highest BCUT2D eigenvalue weighted by Crippen LogP contribution is 2.47. The normalized spacial score (nSPS) is 27.4. The molecular weight excluding hydrogens is 752 g/mol. The number of alkyl halides is 2. The van der Waals surface area contributed by atoms with E-state index in [0.717, 1.165) is 49.3 Å². The van der Waals surface area contributed by atoms with Crippen molar-refractivity contribution in [1.82, 2.24) is 30.2 Å². The molecule has 58 heavy (non-hydrogen) atoms. The summed E-state index contributed by atoms with van der Waals surface area (Å²) in [6.07, 6.45) is 4.09. The highest BCUT2D eigenvalue weighted by Gasteiger charge is 2.54. The lowest BCUT2D eigenvalue weighted by atomic mass is 9.88. The predicted molar refractivity (Wildman–Crippen MR) is 211 cm³/mol. The summed E-state index contributed by atoms with van der Waals surface area (Å²) in [7, 11) is 1.84. The SMILES string of the molecule is CC[C@@]12CNc3nnc(-c4cccc(F)c4O)cc3N1C[C@H](N(C)C1CCN(CC3CCN(c4ccc5c(c4)C(=O)N([C@H]4CCC(=O)NC4=O)C5)CC3)CC1(F)F)C2. The van der Waals surface area contributed by atoms with Crippen LogP contribution >= 0.6 is 0 Å². The molecule has 0 radical (unpaired) electrons. The van der Waals surface area contributed by atoms with Gasteiger partial charge in [0.25, 0.3) is 11.8 Å². The van der Waals surface area contributed by atoms with Crippen molar-refractivity contribution in [2.75, 3.05) is 68.0 Å². The lowest BCUT2D eigenvalue weighted by Gasteiger charge is -2.45. The van der Waals surface area contributed by atoms with E-state index >= 15 is 8.78 Å². The second-order valence-electron chi connectivity index (χ2n) is 17.1. The fraction of sp³-hybridized carbons (Fsp3) is 0.548. The van der Waals surface area contributed by atoms with Crippen LogP contribution in [0.1, 0.15) is 67.8 Å². The first kappa shape index (κ1) is 38.6. The van der Waals surface area contributed by atoms with Crippen LogP contribution in [0.15, 0.2) is 42.5 Å². The highest BCUT2D eigenvalue weighted by molar-refractivity contribution is 6.05. The number of carbonyl (C=O) groups is 3. The number of phenolic OH excluding ortho intramolecular Hbond substituents is 1. The summed E-state index contributed by atoms with van der Waals surface area (Å²) in [5, 5.41) is 24.8. The molecule has 13 nitrogen and oxygen atoms in total. The zero-order valence-corrected chi connectivity index (χ0v) is 32.9. The van der Waals surface area contributed by atoms with Gasteiger partial charge in [0, 0.05) is 75.1 Å². The number of nitrogens with one attached hydrogen (secondary N) is 2. The van der Waals surface area contributed by atoms with E-state index in [-0.39, 0.29) is 47.8 Å².